The molecule has 0 saturated heterocycles. The standard InChI is InChI=1S/C23H18FN3O2/c24-16-8-10-19-20(14-22(28)27-21(19)13-16)23(29)26-18-6-3-4-15(12-18)7-9-17-5-1-2-11-25-17/h1-13,20H,14H2,(H,26,29)(H,27,28)/b9-7+. The maximum absolute atomic E-state index is 13.5. The number of amides is 2. The number of aromatic nitrogens is 1. The van der Waals surface area contributed by atoms with E-state index in [0.717, 1.165) is 11.3 Å². The predicted octanol–water partition coefficient (Wildman–Crippen LogP) is 4.46. The lowest BCUT2D eigenvalue weighted by atomic mass is 9.89. The molecule has 1 atom stereocenters. The molecule has 144 valence electrons. The van der Waals surface area contributed by atoms with Crippen LogP contribution in [-0.4, -0.2) is 16.8 Å². The average molecular weight is 387 g/mol. The zero-order valence-electron chi connectivity index (χ0n) is 15.4. The van der Waals surface area contributed by atoms with Gasteiger partial charge in [0.2, 0.25) is 11.8 Å². The van der Waals surface area contributed by atoms with Crippen molar-refractivity contribution in [2.24, 2.45) is 0 Å². The third-order valence-corrected chi connectivity index (χ3v) is 4.66. The smallest absolute Gasteiger partial charge is 0.232 e. The van der Waals surface area contributed by atoms with Crippen molar-refractivity contribution in [2.45, 2.75) is 12.3 Å². The molecule has 2 amide bonds. The number of nitrogens with zero attached hydrogens (tertiary/aromatic N) is 1. The highest BCUT2D eigenvalue weighted by Crippen LogP contribution is 2.33. The van der Waals surface area contributed by atoms with Crippen LogP contribution in [0.1, 0.15) is 29.2 Å². The predicted molar refractivity (Wildman–Crippen MR) is 111 cm³/mol. The minimum Gasteiger partial charge on any atom is -0.326 e. The number of pyridine rings is 1. The number of halogens is 1. The topological polar surface area (TPSA) is 71.1 Å². The highest BCUT2D eigenvalue weighted by atomic mass is 19.1. The molecule has 1 unspecified atom stereocenters. The van der Waals surface area contributed by atoms with Gasteiger partial charge in [-0.25, -0.2) is 4.39 Å². The Hall–Kier alpha value is -3.80. The van der Waals surface area contributed by atoms with E-state index in [2.05, 4.69) is 15.6 Å². The molecule has 0 saturated carbocycles. The zero-order valence-corrected chi connectivity index (χ0v) is 15.4. The lowest BCUT2D eigenvalue weighted by Crippen LogP contribution is -2.30. The number of anilines is 2. The van der Waals surface area contributed by atoms with E-state index in [1.807, 2.05) is 48.6 Å². The molecule has 29 heavy (non-hydrogen) atoms. The number of hydrogen-bond donors (Lipinski definition) is 2. The lowest BCUT2D eigenvalue weighted by molar-refractivity contribution is -0.123. The number of carbonyl (C=O) groups excluding carboxylic acids is 2. The van der Waals surface area contributed by atoms with E-state index in [-0.39, 0.29) is 18.2 Å². The largest absolute Gasteiger partial charge is 0.326 e. The van der Waals surface area contributed by atoms with Crippen LogP contribution in [0.25, 0.3) is 12.2 Å². The molecule has 0 fully saturated rings. The van der Waals surface area contributed by atoms with Gasteiger partial charge in [0.25, 0.3) is 0 Å². The SMILES string of the molecule is O=C1CC(C(=O)Nc2cccc(/C=C/c3ccccn3)c2)c2ccc(F)cc2N1. The zero-order chi connectivity index (χ0) is 20.2. The number of benzene rings is 2. The Balaban J connectivity index is 1.52. The Morgan fingerprint density at radius 1 is 1.10 bits per heavy atom. The van der Waals surface area contributed by atoms with E-state index >= 15 is 0 Å². The Labute approximate surface area is 167 Å². The normalized spacial score (nSPS) is 15.6. The van der Waals surface area contributed by atoms with Gasteiger partial charge in [-0.05, 0) is 53.6 Å². The molecule has 1 aromatic heterocycles. The van der Waals surface area contributed by atoms with Crippen LogP contribution in [0, 0.1) is 5.82 Å². The number of fused-ring (bicyclic) bond motifs is 1. The third-order valence-electron chi connectivity index (χ3n) is 4.66. The van der Waals surface area contributed by atoms with Crippen molar-refractivity contribution in [1.82, 2.24) is 4.98 Å². The Kier molecular flexibility index (Phi) is 5.16. The van der Waals surface area contributed by atoms with E-state index in [4.69, 9.17) is 0 Å². The molecule has 5 nitrogen and oxygen atoms in total. The van der Waals surface area contributed by atoms with Crippen LogP contribution < -0.4 is 10.6 Å². The second-order valence-corrected chi connectivity index (χ2v) is 6.74. The van der Waals surface area contributed by atoms with Crippen LogP contribution in [0.2, 0.25) is 0 Å². The van der Waals surface area contributed by atoms with Gasteiger partial charge in [-0.3, -0.25) is 14.6 Å². The van der Waals surface area contributed by atoms with Crippen LogP contribution in [0.3, 0.4) is 0 Å². The number of hydrogen-bond acceptors (Lipinski definition) is 3. The van der Waals surface area contributed by atoms with Gasteiger partial charge in [-0.15, -0.1) is 0 Å². The van der Waals surface area contributed by atoms with Gasteiger partial charge in [-0.1, -0.05) is 30.3 Å². The van der Waals surface area contributed by atoms with Gasteiger partial charge < -0.3 is 10.6 Å². The monoisotopic (exact) mass is 387 g/mol. The average Bonchev–Trinajstić information content (AvgIpc) is 2.72. The van der Waals surface area contributed by atoms with E-state index in [9.17, 15) is 14.0 Å². The summed E-state index contributed by atoms with van der Waals surface area (Å²) in [5.74, 6) is -1.75. The molecule has 2 N–H and O–H groups in total. The van der Waals surface area contributed by atoms with Crippen molar-refractivity contribution in [2.75, 3.05) is 10.6 Å². The molecule has 0 spiro atoms. The highest BCUT2D eigenvalue weighted by molar-refractivity contribution is 6.05. The quantitative estimate of drug-likeness (QED) is 0.695. The minimum absolute atomic E-state index is 0.0176. The van der Waals surface area contributed by atoms with Crippen LogP contribution in [0.5, 0.6) is 0 Å². The fraction of sp³-hybridized carbons (Fsp3) is 0.0870. The Morgan fingerprint density at radius 3 is 2.83 bits per heavy atom. The fourth-order valence-corrected chi connectivity index (χ4v) is 3.28. The summed E-state index contributed by atoms with van der Waals surface area (Å²) in [6.45, 7) is 0. The van der Waals surface area contributed by atoms with Crippen molar-refractivity contribution in [3.8, 4) is 0 Å². The summed E-state index contributed by atoms with van der Waals surface area (Å²) in [5, 5.41) is 5.48. The molecule has 0 bridgehead atoms. The molecule has 0 radical (unpaired) electrons. The first-order chi connectivity index (χ1) is 14.1. The Bertz CT molecular complexity index is 1100. The number of carbonyl (C=O) groups is 2. The van der Waals surface area contributed by atoms with Gasteiger partial charge in [-0.2, -0.15) is 0 Å². The van der Waals surface area contributed by atoms with E-state index < -0.39 is 11.7 Å². The first kappa shape index (κ1) is 18.6. The lowest BCUT2D eigenvalue weighted by Gasteiger charge is -2.25. The molecule has 1 aliphatic rings. The summed E-state index contributed by atoms with van der Waals surface area (Å²) in [7, 11) is 0. The molecule has 4 rings (SSSR count). The number of nitrogens with one attached hydrogen (secondary N) is 2. The molecule has 2 heterocycles. The van der Waals surface area contributed by atoms with Crippen molar-refractivity contribution in [3.05, 3.63) is 89.5 Å². The second kappa shape index (κ2) is 8.06. The van der Waals surface area contributed by atoms with E-state index in [1.54, 1.807) is 18.3 Å². The van der Waals surface area contributed by atoms with Gasteiger partial charge in [0, 0.05) is 24.0 Å². The molecule has 6 heteroatoms. The third kappa shape index (κ3) is 4.38. The van der Waals surface area contributed by atoms with E-state index in [0.29, 0.717) is 16.9 Å². The van der Waals surface area contributed by atoms with E-state index in [1.165, 1.54) is 12.1 Å². The van der Waals surface area contributed by atoms with Crippen LogP contribution >= 0.6 is 0 Å². The number of rotatable bonds is 4. The first-order valence-corrected chi connectivity index (χ1v) is 9.18. The molecule has 1 aliphatic heterocycles. The van der Waals surface area contributed by atoms with Gasteiger partial charge in [0.05, 0.1) is 11.6 Å². The summed E-state index contributed by atoms with van der Waals surface area (Å²) >= 11 is 0. The van der Waals surface area contributed by atoms with Crippen LogP contribution in [0.4, 0.5) is 15.8 Å². The maximum Gasteiger partial charge on any atom is 0.232 e. The van der Waals surface area contributed by atoms with Gasteiger partial charge in [0.1, 0.15) is 5.82 Å². The van der Waals surface area contributed by atoms with Crippen molar-refractivity contribution in [3.63, 3.8) is 0 Å². The summed E-state index contributed by atoms with van der Waals surface area (Å²) < 4.78 is 13.5. The van der Waals surface area contributed by atoms with Gasteiger partial charge in [0.15, 0.2) is 0 Å². The summed E-state index contributed by atoms with van der Waals surface area (Å²) in [5.41, 5.74) is 3.30. The second-order valence-electron chi connectivity index (χ2n) is 6.74. The maximum atomic E-state index is 13.5. The molecular weight excluding hydrogens is 369 g/mol. The van der Waals surface area contributed by atoms with Crippen molar-refractivity contribution in [1.29, 1.82) is 0 Å². The summed E-state index contributed by atoms with van der Waals surface area (Å²) in [4.78, 5) is 29.0. The molecule has 0 aliphatic carbocycles. The molecule has 3 aromatic rings. The fourth-order valence-electron chi connectivity index (χ4n) is 3.28. The molecule has 2 aromatic carbocycles. The Morgan fingerprint density at radius 2 is 2.00 bits per heavy atom. The van der Waals surface area contributed by atoms with Crippen molar-refractivity contribution < 1.29 is 14.0 Å². The van der Waals surface area contributed by atoms with Crippen LogP contribution in [-0.2, 0) is 9.59 Å². The van der Waals surface area contributed by atoms with Crippen LogP contribution in [0.15, 0.2) is 66.9 Å². The molecular formula is C23H18FN3O2. The first-order valence-electron chi connectivity index (χ1n) is 9.18. The highest BCUT2D eigenvalue weighted by Gasteiger charge is 2.31. The van der Waals surface area contributed by atoms with Gasteiger partial charge >= 0.3 is 0 Å². The summed E-state index contributed by atoms with van der Waals surface area (Å²) in [6.07, 6.45) is 5.53. The summed E-state index contributed by atoms with van der Waals surface area (Å²) in [6, 6.07) is 17.1. The minimum atomic E-state index is -0.674. The van der Waals surface area contributed by atoms with Crippen molar-refractivity contribution >= 4 is 35.3 Å².